The summed E-state index contributed by atoms with van der Waals surface area (Å²) in [6, 6.07) is 15.2. The number of benzene rings is 2. The molecule has 8 heteroatoms. The number of hydrogen-bond acceptors (Lipinski definition) is 6. The molecular formula is C24H24N2O6. The summed E-state index contributed by atoms with van der Waals surface area (Å²) in [5, 5.41) is 5.40. The number of carbonyl (C=O) groups is 2. The molecule has 0 unspecified atom stereocenters. The van der Waals surface area contributed by atoms with E-state index in [2.05, 4.69) is 10.6 Å². The number of hydrogen-bond donors (Lipinski definition) is 2. The van der Waals surface area contributed by atoms with Crippen molar-refractivity contribution in [1.82, 2.24) is 5.32 Å². The van der Waals surface area contributed by atoms with Gasteiger partial charge in [-0.2, -0.15) is 0 Å². The smallest absolute Gasteiger partial charge is 0.272 e. The van der Waals surface area contributed by atoms with Crippen molar-refractivity contribution in [3.05, 3.63) is 77.4 Å². The number of anilines is 1. The molecule has 0 aliphatic carbocycles. The quantitative estimate of drug-likeness (QED) is 0.518. The van der Waals surface area contributed by atoms with Crippen LogP contribution in [-0.4, -0.2) is 33.1 Å². The molecule has 32 heavy (non-hydrogen) atoms. The number of amides is 2. The Bertz CT molecular complexity index is 1110. The third-order valence-corrected chi connectivity index (χ3v) is 4.50. The minimum atomic E-state index is -0.558. The lowest BCUT2D eigenvalue weighted by molar-refractivity contribution is -0.113. The van der Waals surface area contributed by atoms with Crippen molar-refractivity contribution in [2.75, 3.05) is 26.6 Å². The lowest BCUT2D eigenvalue weighted by atomic mass is 10.2. The average Bonchev–Trinajstić information content (AvgIpc) is 3.22. The number of ether oxygens (including phenoxy) is 3. The van der Waals surface area contributed by atoms with Gasteiger partial charge in [0.2, 0.25) is 5.75 Å². The number of nitrogens with one attached hydrogen (secondary N) is 2. The highest BCUT2D eigenvalue weighted by molar-refractivity contribution is 6.10. The zero-order valence-corrected chi connectivity index (χ0v) is 18.2. The van der Waals surface area contributed by atoms with Gasteiger partial charge < -0.3 is 29.3 Å². The van der Waals surface area contributed by atoms with Crippen LogP contribution in [0.1, 0.15) is 21.9 Å². The molecule has 3 aromatic rings. The standard InChI is InChI=1S/C24H24N2O6/c1-15-10-11-18(32-15)14-19(26-23(27)16-8-6-5-7-9-16)24(28)25-17-12-20(29-2)22(31-4)21(13-17)30-3/h5-14H,1-4H3,(H,25,28)(H,26,27)/b19-14+. The zero-order chi connectivity index (χ0) is 23.1. The molecule has 0 atom stereocenters. The van der Waals surface area contributed by atoms with E-state index in [0.717, 1.165) is 0 Å². The van der Waals surface area contributed by atoms with Crippen LogP contribution < -0.4 is 24.8 Å². The fourth-order valence-corrected chi connectivity index (χ4v) is 2.97. The third kappa shape index (κ3) is 5.28. The van der Waals surface area contributed by atoms with Gasteiger partial charge in [0.25, 0.3) is 11.8 Å². The fraction of sp³-hybridized carbons (Fsp3) is 0.167. The molecule has 2 aromatic carbocycles. The van der Waals surface area contributed by atoms with Crippen molar-refractivity contribution >= 4 is 23.6 Å². The Morgan fingerprint density at radius 2 is 1.56 bits per heavy atom. The summed E-state index contributed by atoms with van der Waals surface area (Å²) in [5.74, 6) is 1.26. The van der Waals surface area contributed by atoms with Crippen LogP contribution in [0, 0.1) is 6.92 Å². The lowest BCUT2D eigenvalue weighted by Crippen LogP contribution is -2.30. The first-order chi connectivity index (χ1) is 15.4. The van der Waals surface area contributed by atoms with Crippen molar-refractivity contribution in [1.29, 1.82) is 0 Å². The van der Waals surface area contributed by atoms with Crippen LogP contribution in [0.2, 0.25) is 0 Å². The normalized spacial score (nSPS) is 10.9. The van der Waals surface area contributed by atoms with Gasteiger partial charge >= 0.3 is 0 Å². The van der Waals surface area contributed by atoms with Gasteiger partial charge in [-0.25, -0.2) is 0 Å². The Morgan fingerprint density at radius 3 is 2.09 bits per heavy atom. The zero-order valence-electron chi connectivity index (χ0n) is 18.2. The molecule has 0 saturated heterocycles. The first kappa shape index (κ1) is 22.5. The molecule has 0 saturated carbocycles. The Labute approximate surface area is 185 Å². The molecule has 0 aliphatic rings. The molecule has 1 heterocycles. The summed E-state index contributed by atoms with van der Waals surface area (Å²) in [5.41, 5.74) is 0.802. The molecule has 3 rings (SSSR count). The van der Waals surface area contributed by atoms with Crippen molar-refractivity contribution in [3.8, 4) is 17.2 Å². The first-order valence-electron chi connectivity index (χ1n) is 9.71. The minimum absolute atomic E-state index is 0.00181. The molecule has 0 bridgehead atoms. The van der Waals surface area contributed by atoms with Gasteiger partial charge in [-0.15, -0.1) is 0 Å². The van der Waals surface area contributed by atoms with Crippen LogP contribution in [0.25, 0.3) is 6.08 Å². The second kappa shape index (κ2) is 10.2. The van der Waals surface area contributed by atoms with Crippen molar-refractivity contribution < 1.29 is 28.2 Å². The number of furan rings is 1. The van der Waals surface area contributed by atoms with Gasteiger partial charge in [-0.05, 0) is 31.2 Å². The Balaban J connectivity index is 1.92. The maximum atomic E-state index is 13.1. The van der Waals surface area contributed by atoms with Crippen LogP contribution in [0.5, 0.6) is 17.2 Å². The summed E-state index contributed by atoms with van der Waals surface area (Å²) in [6.07, 6.45) is 1.46. The second-order valence-corrected chi connectivity index (χ2v) is 6.69. The highest BCUT2D eigenvalue weighted by Gasteiger charge is 2.19. The first-order valence-corrected chi connectivity index (χ1v) is 9.71. The SMILES string of the molecule is COc1cc(NC(=O)/C(=C\c2ccc(C)o2)NC(=O)c2ccccc2)cc(OC)c1OC. The Kier molecular flexibility index (Phi) is 7.17. The van der Waals surface area contributed by atoms with Crippen LogP contribution in [-0.2, 0) is 4.79 Å². The van der Waals surface area contributed by atoms with E-state index < -0.39 is 11.8 Å². The Hall–Kier alpha value is -4.20. The third-order valence-electron chi connectivity index (χ3n) is 4.50. The average molecular weight is 436 g/mol. The van der Waals surface area contributed by atoms with Gasteiger partial charge in [0, 0.05) is 29.5 Å². The molecular weight excluding hydrogens is 412 g/mol. The summed E-state index contributed by atoms with van der Waals surface area (Å²) in [6.45, 7) is 1.79. The van der Waals surface area contributed by atoms with E-state index in [1.165, 1.54) is 27.4 Å². The summed E-state index contributed by atoms with van der Waals surface area (Å²) in [7, 11) is 4.45. The van der Waals surface area contributed by atoms with Gasteiger partial charge in [0.1, 0.15) is 17.2 Å². The van der Waals surface area contributed by atoms with Crippen molar-refractivity contribution in [2.24, 2.45) is 0 Å². The fourth-order valence-electron chi connectivity index (χ4n) is 2.97. The van der Waals surface area contributed by atoms with E-state index >= 15 is 0 Å². The Morgan fingerprint density at radius 1 is 0.906 bits per heavy atom. The number of methoxy groups -OCH3 is 3. The van der Waals surface area contributed by atoms with Gasteiger partial charge in [-0.3, -0.25) is 9.59 Å². The molecule has 0 spiro atoms. The minimum Gasteiger partial charge on any atom is -0.493 e. The molecule has 0 fully saturated rings. The van der Waals surface area contributed by atoms with Gasteiger partial charge in [0.15, 0.2) is 11.5 Å². The van der Waals surface area contributed by atoms with E-state index in [1.807, 2.05) is 0 Å². The highest BCUT2D eigenvalue weighted by atomic mass is 16.5. The molecule has 2 amide bonds. The van der Waals surface area contributed by atoms with Crippen molar-refractivity contribution in [3.63, 3.8) is 0 Å². The molecule has 8 nitrogen and oxygen atoms in total. The molecule has 0 aliphatic heterocycles. The number of carbonyl (C=O) groups excluding carboxylic acids is 2. The predicted molar refractivity (Wildman–Crippen MR) is 120 cm³/mol. The van der Waals surface area contributed by atoms with Crippen molar-refractivity contribution in [2.45, 2.75) is 6.92 Å². The maximum absolute atomic E-state index is 13.1. The summed E-state index contributed by atoms with van der Waals surface area (Å²) >= 11 is 0. The van der Waals surface area contributed by atoms with Gasteiger partial charge in [0.05, 0.1) is 21.3 Å². The van der Waals surface area contributed by atoms with Crippen LogP contribution in [0.15, 0.2) is 64.7 Å². The molecule has 1 aromatic heterocycles. The monoisotopic (exact) mass is 436 g/mol. The summed E-state index contributed by atoms with van der Waals surface area (Å²) in [4.78, 5) is 25.8. The topological polar surface area (TPSA) is 99.0 Å². The maximum Gasteiger partial charge on any atom is 0.272 e. The highest BCUT2D eigenvalue weighted by Crippen LogP contribution is 2.40. The number of rotatable bonds is 8. The molecule has 166 valence electrons. The van der Waals surface area contributed by atoms with Gasteiger partial charge in [-0.1, -0.05) is 18.2 Å². The van der Waals surface area contributed by atoms with Crippen LogP contribution >= 0.6 is 0 Å². The second-order valence-electron chi connectivity index (χ2n) is 6.69. The summed E-state index contributed by atoms with van der Waals surface area (Å²) < 4.78 is 21.5. The molecule has 2 N–H and O–H groups in total. The van der Waals surface area contributed by atoms with Crippen LogP contribution in [0.4, 0.5) is 5.69 Å². The molecule has 0 radical (unpaired) electrons. The van der Waals surface area contributed by atoms with E-state index in [9.17, 15) is 9.59 Å². The van der Waals surface area contributed by atoms with E-state index in [-0.39, 0.29) is 5.70 Å². The lowest BCUT2D eigenvalue weighted by Gasteiger charge is -2.15. The van der Waals surface area contributed by atoms with E-state index in [0.29, 0.717) is 40.0 Å². The largest absolute Gasteiger partial charge is 0.493 e. The van der Waals surface area contributed by atoms with E-state index in [4.69, 9.17) is 18.6 Å². The van der Waals surface area contributed by atoms with E-state index in [1.54, 1.807) is 61.5 Å². The predicted octanol–water partition coefficient (Wildman–Crippen LogP) is 4.02. The van der Waals surface area contributed by atoms with Crippen LogP contribution in [0.3, 0.4) is 0 Å². The number of aryl methyl sites for hydroxylation is 1.